The number of esters is 1. The highest BCUT2D eigenvalue weighted by atomic mass is 32.2. The van der Waals surface area contributed by atoms with Gasteiger partial charge in [0.05, 0.1) is 35.1 Å². The summed E-state index contributed by atoms with van der Waals surface area (Å²) in [4.78, 5) is 33.1. The standard InChI is InChI=1S/C26H26N2O4S2/c1-15(2)32-25(30)22-16(3)27-26-28(23(22)18-9-11-20(33-5)12-10-18)24(29)21(34-26)14-17-7-6-8-19(13-17)31-4/h6-15,23H,1-5H3. The first kappa shape index (κ1) is 24.0. The van der Waals surface area contributed by atoms with E-state index in [4.69, 9.17) is 9.47 Å². The predicted octanol–water partition coefficient (Wildman–Crippen LogP) is 3.92. The molecule has 0 fully saturated rings. The lowest BCUT2D eigenvalue weighted by Crippen LogP contribution is -2.40. The molecule has 0 aliphatic carbocycles. The summed E-state index contributed by atoms with van der Waals surface area (Å²) in [6.45, 7) is 5.40. The molecule has 0 saturated heterocycles. The number of methoxy groups -OCH3 is 1. The fourth-order valence-electron chi connectivity index (χ4n) is 3.84. The van der Waals surface area contributed by atoms with E-state index in [0.29, 0.717) is 26.4 Å². The van der Waals surface area contributed by atoms with Crippen LogP contribution < -0.4 is 19.6 Å². The van der Waals surface area contributed by atoms with Gasteiger partial charge >= 0.3 is 5.97 Å². The molecule has 1 unspecified atom stereocenters. The monoisotopic (exact) mass is 494 g/mol. The summed E-state index contributed by atoms with van der Waals surface area (Å²) in [5.41, 5.74) is 2.41. The van der Waals surface area contributed by atoms with Crippen molar-refractivity contribution in [3.8, 4) is 5.75 Å². The van der Waals surface area contributed by atoms with Gasteiger partial charge in [-0.3, -0.25) is 9.36 Å². The zero-order valence-corrected chi connectivity index (χ0v) is 21.3. The summed E-state index contributed by atoms with van der Waals surface area (Å²) in [6.07, 6.45) is 3.54. The van der Waals surface area contributed by atoms with Crippen LogP contribution in [-0.2, 0) is 9.53 Å². The molecule has 0 saturated carbocycles. The second-order valence-corrected chi connectivity index (χ2v) is 9.97. The molecule has 0 amide bonds. The maximum atomic E-state index is 13.6. The summed E-state index contributed by atoms with van der Waals surface area (Å²) < 4.78 is 13.0. The van der Waals surface area contributed by atoms with Crippen LogP contribution in [0.1, 0.15) is 37.9 Å². The summed E-state index contributed by atoms with van der Waals surface area (Å²) in [5, 5.41) is 0. The fourth-order valence-corrected chi connectivity index (χ4v) is 5.30. The van der Waals surface area contributed by atoms with Gasteiger partial charge in [-0.25, -0.2) is 9.79 Å². The number of ether oxygens (including phenoxy) is 2. The van der Waals surface area contributed by atoms with E-state index >= 15 is 0 Å². The molecule has 2 aromatic carbocycles. The third-order valence-electron chi connectivity index (χ3n) is 5.41. The Bertz CT molecular complexity index is 1430. The number of rotatable bonds is 6. The Balaban J connectivity index is 1.92. The van der Waals surface area contributed by atoms with E-state index in [-0.39, 0.29) is 11.7 Å². The maximum absolute atomic E-state index is 13.6. The van der Waals surface area contributed by atoms with Gasteiger partial charge in [-0.2, -0.15) is 0 Å². The van der Waals surface area contributed by atoms with E-state index in [9.17, 15) is 9.59 Å². The van der Waals surface area contributed by atoms with Gasteiger partial charge in [0.25, 0.3) is 5.56 Å². The molecule has 0 bridgehead atoms. The quantitative estimate of drug-likeness (QED) is 0.384. The van der Waals surface area contributed by atoms with Crippen LogP contribution >= 0.6 is 23.1 Å². The number of carbonyl (C=O) groups is 1. The van der Waals surface area contributed by atoms with Crippen molar-refractivity contribution in [3.05, 3.63) is 90.6 Å². The van der Waals surface area contributed by atoms with E-state index in [1.807, 2.05) is 60.9 Å². The van der Waals surface area contributed by atoms with E-state index < -0.39 is 12.0 Å². The number of thioether (sulfide) groups is 1. The lowest BCUT2D eigenvalue weighted by atomic mass is 9.96. The molecule has 176 valence electrons. The van der Waals surface area contributed by atoms with Crippen LogP contribution in [0.3, 0.4) is 0 Å². The van der Waals surface area contributed by atoms with Crippen molar-refractivity contribution >= 4 is 35.1 Å². The second kappa shape index (κ2) is 10.0. The lowest BCUT2D eigenvalue weighted by molar-refractivity contribution is -0.143. The molecule has 2 heterocycles. The van der Waals surface area contributed by atoms with Gasteiger partial charge in [0, 0.05) is 4.90 Å². The highest BCUT2D eigenvalue weighted by Gasteiger charge is 2.33. The largest absolute Gasteiger partial charge is 0.497 e. The number of nitrogens with zero attached hydrogens (tertiary/aromatic N) is 2. The first-order chi connectivity index (χ1) is 16.3. The minimum Gasteiger partial charge on any atom is -0.497 e. The number of thiazole rings is 1. The molecular formula is C26H26N2O4S2. The molecule has 0 radical (unpaired) electrons. The van der Waals surface area contributed by atoms with Crippen LogP contribution in [0, 0.1) is 0 Å². The van der Waals surface area contributed by atoms with Crippen molar-refractivity contribution in [3.63, 3.8) is 0 Å². The van der Waals surface area contributed by atoms with E-state index in [2.05, 4.69) is 4.99 Å². The summed E-state index contributed by atoms with van der Waals surface area (Å²) in [6, 6.07) is 14.8. The number of hydrogen-bond acceptors (Lipinski definition) is 7. The van der Waals surface area contributed by atoms with Gasteiger partial charge in [-0.1, -0.05) is 35.6 Å². The van der Waals surface area contributed by atoms with Gasteiger partial charge in [0.1, 0.15) is 5.75 Å². The Morgan fingerprint density at radius 3 is 2.59 bits per heavy atom. The molecule has 4 rings (SSSR count). The average molecular weight is 495 g/mol. The Labute approximate surface area is 206 Å². The predicted molar refractivity (Wildman–Crippen MR) is 136 cm³/mol. The van der Waals surface area contributed by atoms with Gasteiger partial charge in [0.2, 0.25) is 0 Å². The number of allylic oxidation sites excluding steroid dienone is 1. The number of hydrogen-bond donors (Lipinski definition) is 0. The zero-order valence-electron chi connectivity index (χ0n) is 19.7. The molecule has 1 atom stereocenters. The van der Waals surface area contributed by atoms with Crippen molar-refractivity contribution in [2.45, 2.75) is 37.8 Å². The van der Waals surface area contributed by atoms with E-state index in [0.717, 1.165) is 16.0 Å². The van der Waals surface area contributed by atoms with E-state index in [1.54, 1.807) is 44.2 Å². The van der Waals surface area contributed by atoms with Crippen LogP contribution in [0.5, 0.6) is 5.75 Å². The Morgan fingerprint density at radius 1 is 1.21 bits per heavy atom. The fraction of sp³-hybridized carbons (Fsp3) is 0.269. The molecule has 0 spiro atoms. The van der Waals surface area contributed by atoms with Gasteiger partial charge in [-0.15, -0.1) is 11.8 Å². The molecule has 1 aliphatic rings. The average Bonchev–Trinajstić information content (AvgIpc) is 3.12. The third kappa shape index (κ3) is 4.74. The number of carbonyl (C=O) groups excluding carboxylic acids is 1. The normalized spacial score (nSPS) is 15.8. The summed E-state index contributed by atoms with van der Waals surface area (Å²) in [5.74, 6) is 0.250. The highest BCUT2D eigenvalue weighted by molar-refractivity contribution is 7.98. The van der Waals surface area contributed by atoms with Crippen LogP contribution in [0.4, 0.5) is 0 Å². The molecule has 6 nitrogen and oxygen atoms in total. The third-order valence-corrected chi connectivity index (χ3v) is 7.13. The molecule has 34 heavy (non-hydrogen) atoms. The SMILES string of the molecule is COc1cccc(C=c2sc3n(c2=O)C(c2ccc(SC)cc2)C(C(=O)OC(C)C)=C(C)N=3)c1. The molecule has 8 heteroatoms. The van der Waals surface area contributed by atoms with Gasteiger partial charge in [-0.05, 0) is 68.5 Å². The topological polar surface area (TPSA) is 69.9 Å². The van der Waals surface area contributed by atoms with E-state index in [1.165, 1.54) is 11.3 Å². The molecule has 0 N–H and O–H groups in total. The van der Waals surface area contributed by atoms with Crippen molar-refractivity contribution in [2.24, 2.45) is 4.99 Å². The number of aromatic nitrogens is 1. The van der Waals surface area contributed by atoms with Crippen LogP contribution in [0.2, 0.25) is 0 Å². The Morgan fingerprint density at radius 2 is 1.94 bits per heavy atom. The van der Waals surface area contributed by atoms with Crippen molar-refractivity contribution in [1.29, 1.82) is 0 Å². The smallest absolute Gasteiger partial charge is 0.338 e. The summed E-state index contributed by atoms with van der Waals surface area (Å²) in [7, 11) is 1.61. The zero-order chi connectivity index (χ0) is 24.4. The first-order valence-electron chi connectivity index (χ1n) is 10.8. The van der Waals surface area contributed by atoms with Crippen LogP contribution in [0.15, 0.2) is 74.5 Å². The number of benzene rings is 2. The second-order valence-electron chi connectivity index (χ2n) is 8.09. The maximum Gasteiger partial charge on any atom is 0.338 e. The van der Waals surface area contributed by atoms with Crippen LogP contribution in [0.25, 0.3) is 6.08 Å². The molecule has 3 aromatic rings. The molecular weight excluding hydrogens is 468 g/mol. The number of fused-ring (bicyclic) bond motifs is 1. The lowest BCUT2D eigenvalue weighted by Gasteiger charge is -2.25. The Kier molecular flexibility index (Phi) is 7.09. The molecule has 1 aliphatic heterocycles. The van der Waals surface area contributed by atoms with Gasteiger partial charge < -0.3 is 9.47 Å². The molecule has 1 aromatic heterocycles. The van der Waals surface area contributed by atoms with Crippen LogP contribution in [-0.4, -0.2) is 30.0 Å². The van der Waals surface area contributed by atoms with Crippen molar-refractivity contribution in [2.75, 3.05) is 13.4 Å². The minimum atomic E-state index is -0.620. The van der Waals surface area contributed by atoms with Crippen molar-refractivity contribution < 1.29 is 14.3 Å². The minimum absolute atomic E-state index is 0.201. The van der Waals surface area contributed by atoms with Gasteiger partial charge in [0.15, 0.2) is 4.80 Å². The first-order valence-corrected chi connectivity index (χ1v) is 12.9. The Hall–Kier alpha value is -3.10. The highest BCUT2D eigenvalue weighted by Crippen LogP contribution is 2.32. The summed E-state index contributed by atoms with van der Waals surface area (Å²) >= 11 is 2.94. The van der Waals surface area contributed by atoms with Crippen molar-refractivity contribution in [1.82, 2.24) is 4.57 Å².